The zero-order valence-corrected chi connectivity index (χ0v) is 15.7. The molecule has 2 aliphatic rings. The fraction of sp³-hybridized carbons (Fsp3) is 0.556. The second kappa shape index (κ2) is 7.02. The highest BCUT2D eigenvalue weighted by Gasteiger charge is 2.61. The van der Waals surface area contributed by atoms with Gasteiger partial charge in [-0.15, -0.1) is 11.3 Å². The molecule has 4 N–H and O–H groups in total. The molecule has 0 spiro atoms. The number of β-lactam (4-membered cyclic amide) rings is 1. The molecule has 1 saturated heterocycles. The van der Waals surface area contributed by atoms with Crippen molar-refractivity contribution in [2.24, 2.45) is 17.1 Å². The molecule has 3 rings (SSSR count). The van der Waals surface area contributed by atoms with Gasteiger partial charge in [-0.2, -0.15) is 0 Å². The number of carbonyl (C=O) groups is 2. The summed E-state index contributed by atoms with van der Waals surface area (Å²) in [6.45, 7) is 4.38. The van der Waals surface area contributed by atoms with Gasteiger partial charge in [-0.05, 0) is 30.8 Å². The molecule has 1 fully saturated rings. The largest absolute Gasteiger partial charge is 0.476 e. The zero-order valence-electron chi connectivity index (χ0n) is 14.8. The van der Waals surface area contributed by atoms with Crippen LogP contribution in [0, 0.1) is 11.3 Å². The molecule has 0 aromatic carbocycles. The summed E-state index contributed by atoms with van der Waals surface area (Å²) < 4.78 is 5.95. The average Bonchev–Trinajstić information content (AvgIpc) is 3.21. The molecule has 0 aliphatic carbocycles. The quantitative estimate of drug-likeness (QED) is 0.470. The molecule has 3 atom stereocenters. The number of unbranched alkanes of at least 4 members (excludes halogenated alkanes) is 1. The lowest BCUT2D eigenvalue weighted by Gasteiger charge is -2.43. The zero-order chi connectivity index (χ0) is 19.1. The standard InChI is InChI=1S/C18H24N2O5S/c1-18(2,7-3-4-8-19)14-12(17(23)24)20-15(22)11(16(20)25-14)13(21)10-6-5-9-26-10/h5-6,9,11,13,16,21H,3-4,7-8,19H2,1-2H3,(H,23,24)/t11-,13+,16+/m0/s1. The van der Waals surface area contributed by atoms with Crippen molar-refractivity contribution in [3.8, 4) is 0 Å². The van der Waals surface area contributed by atoms with E-state index in [1.807, 2.05) is 19.2 Å². The summed E-state index contributed by atoms with van der Waals surface area (Å²) in [5, 5.41) is 22.0. The summed E-state index contributed by atoms with van der Waals surface area (Å²) in [5.41, 5.74) is 4.89. The third-order valence-corrected chi connectivity index (χ3v) is 5.97. The molecule has 1 aromatic heterocycles. The maximum absolute atomic E-state index is 12.6. The van der Waals surface area contributed by atoms with Gasteiger partial charge in [0, 0.05) is 10.3 Å². The van der Waals surface area contributed by atoms with Crippen molar-refractivity contribution in [1.82, 2.24) is 4.90 Å². The topological polar surface area (TPSA) is 113 Å². The first-order valence-electron chi connectivity index (χ1n) is 8.69. The highest BCUT2D eigenvalue weighted by Crippen LogP contribution is 2.50. The number of aliphatic carboxylic acids is 1. The Morgan fingerprint density at radius 1 is 1.46 bits per heavy atom. The molecular weight excluding hydrogens is 356 g/mol. The lowest BCUT2D eigenvalue weighted by atomic mass is 9.84. The Bertz CT molecular complexity index is 728. The van der Waals surface area contributed by atoms with Gasteiger partial charge < -0.3 is 20.7 Å². The number of nitrogens with two attached hydrogens (primary N) is 1. The Morgan fingerprint density at radius 2 is 2.19 bits per heavy atom. The summed E-state index contributed by atoms with van der Waals surface area (Å²) in [4.78, 5) is 26.3. The van der Waals surface area contributed by atoms with E-state index in [9.17, 15) is 19.8 Å². The lowest BCUT2D eigenvalue weighted by Crippen LogP contribution is -2.60. The van der Waals surface area contributed by atoms with E-state index in [-0.39, 0.29) is 5.70 Å². The van der Waals surface area contributed by atoms with Gasteiger partial charge in [0.1, 0.15) is 17.8 Å². The maximum atomic E-state index is 12.6. The van der Waals surface area contributed by atoms with Crippen LogP contribution in [0.15, 0.2) is 29.0 Å². The Kier molecular flexibility index (Phi) is 5.09. The van der Waals surface area contributed by atoms with Gasteiger partial charge in [0.25, 0.3) is 0 Å². The predicted octanol–water partition coefficient (Wildman–Crippen LogP) is 2.05. The van der Waals surface area contributed by atoms with Gasteiger partial charge >= 0.3 is 5.97 Å². The number of nitrogens with zero attached hydrogens (tertiary/aromatic N) is 1. The van der Waals surface area contributed by atoms with Crippen LogP contribution >= 0.6 is 11.3 Å². The van der Waals surface area contributed by atoms with Gasteiger partial charge in [-0.3, -0.25) is 9.69 Å². The molecule has 0 bridgehead atoms. The van der Waals surface area contributed by atoms with Crippen molar-refractivity contribution in [1.29, 1.82) is 0 Å². The number of amides is 1. The molecule has 7 nitrogen and oxygen atoms in total. The predicted molar refractivity (Wildman–Crippen MR) is 95.8 cm³/mol. The number of allylic oxidation sites excluding steroid dienone is 1. The van der Waals surface area contributed by atoms with Crippen LogP contribution in [-0.4, -0.2) is 39.8 Å². The van der Waals surface area contributed by atoms with Crippen molar-refractivity contribution < 1.29 is 24.5 Å². The van der Waals surface area contributed by atoms with Crippen LogP contribution in [0.4, 0.5) is 0 Å². The second-order valence-corrected chi connectivity index (χ2v) is 8.29. The second-order valence-electron chi connectivity index (χ2n) is 7.32. The van der Waals surface area contributed by atoms with E-state index in [2.05, 4.69) is 0 Å². The number of hydrogen-bond donors (Lipinski definition) is 3. The molecule has 0 saturated carbocycles. The number of aliphatic hydroxyl groups is 1. The first kappa shape index (κ1) is 18.9. The fourth-order valence-electron chi connectivity index (χ4n) is 3.57. The molecule has 3 heterocycles. The Labute approximate surface area is 156 Å². The van der Waals surface area contributed by atoms with Crippen molar-refractivity contribution in [2.45, 2.75) is 45.4 Å². The number of carbonyl (C=O) groups excluding carboxylic acids is 1. The van der Waals surface area contributed by atoms with E-state index in [1.54, 1.807) is 12.1 Å². The highest BCUT2D eigenvalue weighted by atomic mass is 32.1. The first-order chi connectivity index (χ1) is 12.3. The smallest absolute Gasteiger partial charge is 0.356 e. The summed E-state index contributed by atoms with van der Waals surface area (Å²) in [7, 11) is 0. The van der Waals surface area contributed by atoms with Gasteiger partial charge in [-0.1, -0.05) is 26.3 Å². The number of ether oxygens (including phenoxy) is 1. The van der Waals surface area contributed by atoms with Crippen LogP contribution in [0.1, 0.15) is 44.1 Å². The normalized spacial score (nSPS) is 23.5. The molecule has 8 heteroatoms. The monoisotopic (exact) mass is 380 g/mol. The first-order valence-corrected chi connectivity index (χ1v) is 9.57. The third-order valence-electron chi connectivity index (χ3n) is 5.03. The minimum Gasteiger partial charge on any atom is -0.476 e. The number of carboxylic acids is 1. The summed E-state index contributed by atoms with van der Waals surface area (Å²) in [6.07, 6.45) is 0.602. The van der Waals surface area contributed by atoms with Crippen molar-refractivity contribution >= 4 is 23.2 Å². The van der Waals surface area contributed by atoms with Crippen LogP contribution in [0.2, 0.25) is 0 Å². The summed E-state index contributed by atoms with van der Waals surface area (Å²) >= 11 is 1.35. The van der Waals surface area contributed by atoms with Gasteiger partial charge in [0.05, 0.1) is 0 Å². The molecule has 2 aliphatic heterocycles. The van der Waals surface area contributed by atoms with E-state index in [4.69, 9.17) is 10.5 Å². The van der Waals surface area contributed by atoms with Crippen molar-refractivity contribution in [2.75, 3.05) is 6.54 Å². The Morgan fingerprint density at radius 3 is 2.77 bits per heavy atom. The van der Waals surface area contributed by atoms with Crippen LogP contribution in [0.25, 0.3) is 0 Å². The molecule has 26 heavy (non-hydrogen) atoms. The van der Waals surface area contributed by atoms with Crippen LogP contribution in [0.3, 0.4) is 0 Å². The Hall–Kier alpha value is -1.90. The van der Waals surface area contributed by atoms with E-state index < -0.39 is 35.5 Å². The number of fused-ring (bicyclic) bond motifs is 1. The average molecular weight is 380 g/mol. The minimum absolute atomic E-state index is 0.104. The van der Waals surface area contributed by atoms with Gasteiger partial charge in [0.2, 0.25) is 5.91 Å². The summed E-state index contributed by atoms with van der Waals surface area (Å²) in [5.74, 6) is -2.09. The van der Waals surface area contributed by atoms with E-state index in [0.29, 0.717) is 23.6 Å². The van der Waals surface area contributed by atoms with Crippen LogP contribution in [-0.2, 0) is 14.3 Å². The Balaban J connectivity index is 1.84. The molecule has 142 valence electrons. The molecule has 0 unspecified atom stereocenters. The van der Waals surface area contributed by atoms with Gasteiger partial charge in [0.15, 0.2) is 11.9 Å². The highest BCUT2D eigenvalue weighted by molar-refractivity contribution is 7.10. The van der Waals surface area contributed by atoms with Crippen LogP contribution < -0.4 is 5.73 Å². The van der Waals surface area contributed by atoms with E-state index in [1.165, 1.54) is 16.2 Å². The number of thiophene rings is 1. The van der Waals surface area contributed by atoms with Crippen molar-refractivity contribution in [3.05, 3.63) is 33.8 Å². The number of aliphatic hydroxyl groups excluding tert-OH is 1. The molecular formula is C18H24N2O5S. The molecule has 0 radical (unpaired) electrons. The minimum atomic E-state index is -1.19. The van der Waals surface area contributed by atoms with Gasteiger partial charge in [-0.25, -0.2) is 4.79 Å². The van der Waals surface area contributed by atoms with E-state index in [0.717, 1.165) is 12.8 Å². The molecule has 1 aromatic rings. The molecule has 1 amide bonds. The summed E-state index contributed by atoms with van der Waals surface area (Å²) in [6, 6.07) is 3.55. The fourth-order valence-corrected chi connectivity index (χ4v) is 4.33. The number of carboxylic acid groups (broad SMARTS) is 1. The maximum Gasteiger partial charge on any atom is 0.356 e. The third kappa shape index (κ3) is 3.02. The van der Waals surface area contributed by atoms with Crippen molar-refractivity contribution in [3.63, 3.8) is 0 Å². The lowest BCUT2D eigenvalue weighted by molar-refractivity contribution is -0.185. The SMILES string of the molecule is CC(C)(CCCCN)C1=C(C(=O)O)N2C(=O)[C@H]([C@H](O)c3cccs3)[C@H]2O1. The number of rotatable bonds is 8. The van der Waals surface area contributed by atoms with Crippen LogP contribution in [0.5, 0.6) is 0 Å². The van der Waals surface area contributed by atoms with E-state index >= 15 is 0 Å². The number of hydrogen-bond acceptors (Lipinski definition) is 6.